The number of nitrogens with one attached hydrogen (secondary N) is 1. The summed E-state index contributed by atoms with van der Waals surface area (Å²) in [6.45, 7) is 1.87. The van der Waals surface area contributed by atoms with Crippen molar-refractivity contribution >= 4 is 17.5 Å². The Morgan fingerprint density at radius 1 is 1.35 bits per heavy atom. The number of nitrogens with two attached hydrogens (primary N) is 1. The number of benzene rings is 1. The number of carbonyl (C=O) groups excluding carboxylic acids is 2. The fourth-order valence-corrected chi connectivity index (χ4v) is 2.61. The van der Waals surface area contributed by atoms with Crippen LogP contribution in [0.4, 0.5) is 5.69 Å². The third-order valence-corrected chi connectivity index (χ3v) is 4.09. The minimum atomic E-state index is -0.134. The van der Waals surface area contributed by atoms with Crippen molar-refractivity contribution in [2.75, 3.05) is 26.0 Å². The van der Waals surface area contributed by atoms with E-state index in [1.165, 1.54) is 4.90 Å². The summed E-state index contributed by atoms with van der Waals surface area (Å²) in [5.41, 5.74) is 7.46. The molecule has 1 aromatic carbocycles. The number of anilines is 1. The predicted molar refractivity (Wildman–Crippen MR) is 89.3 cm³/mol. The zero-order chi connectivity index (χ0) is 17.0. The molecule has 0 heterocycles. The summed E-state index contributed by atoms with van der Waals surface area (Å²) < 4.78 is 5.60. The minimum Gasteiger partial charge on any atom is -0.482 e. The zero-order valence-corrected chi connectivity index (χ0v) is 14.0. The summed E-state index contributed by atoms with van der Waals surface area (Å²) in [5, 5.41) is 2.91. The summed E-state index contributed by atoms with van der Waals surface area (Å²) in [5.74, 6) is 0.287. The van der Waals surface area contributed by atoms with E-state index >= 15 is 0 Å². The number of aryl methyl sites for hydroxylation is 1. The van der Waals surface area contributed by atoms with Gasteiger partial charge < -0.3 is 20.7 Å². The standard InChI is InChI=1S/C17H25N3O3/c1-11-4-7-14(15(8-11)23-10-16(21)20(2)3)19-17(22)12-5-6-13(18)9-12/h4,7-8,12-13H,5-6,9-10,18H2,1-3H3,(H,19,22). The van der Waals surface area contributed by atoms with E-state index < -0.39 is 0 Å². The smallest absolute Gasteiger partial charge is 0.259 e. The maximum atomic E-state index is 12.3. The Hall–Kier alpha value is -2.08. The average molecular weight is 319 g/mol. The van der Waals surface area contributed by atoms with Crippen LogP contribution in [-0.2, 0) is 9.59 Å². The Kier molecular flexibility index (Phi) is 5.60. The number of nitrogens with zero attached hydrogens (tertiary/aromatic N) is 1. The highest BCUT2D eigenvalue weighted by molar-refractivity contribution is 5.94. The van der Waals surface area contributed by atoms with E-state index in [1.807, 2.05) is 19.1 Å². The second kappa shape index (κ2) is 7.46. The van der Waals surface area contributed by atoms with Gasteiger partial charge in [-0.2, -0.15) is 0 Å². The Labute approximate surface area is 137 Å². The molecule has 0 spiro atoms. The van der Waals surface area contributed by atoms with Gasteiger partial charge in [-0.1, -0.05) is 6.07 Å². The van der Waals surface area contributed by atoms with E-state index in [-0.39, 0.29) is 30.4 Å². The first-order valence-corrected chi connectivity index (χ1v) is 7.87. The van der Waals surface area contributed by atoms with Crippen LogP contribution in [0.5, 0.6) is 5.75 Å². The molecule has 126 valence electrons. The van der Waals surface area contributed by atoms with Gasteiger partial charge in [0.1, 0.15) is 5.75 Å². The van der Waals surface area contributed by atoms with Crippen LogP contribution in [-0.4, -0.2) is 43.5 Å². The molecule has 1 aromatic rings. The number of ether oxygens (including phenoxy) is 1. The number of rotatable bonds is 5. The first-order chi connectivity index (χ1) is 10.9. The lowest BCUT2D eigenvalue weighted by Gasteiger charge is -2.16. The van der Waals surface area contributed by atoms with Gasteiger partial charge in [-0.25, -0.2) is 0 Å². The molecule has 2 atom stereocenters. The van der Waals surface area contributed by atoms with Crippen molar-refractivity contribution in [3.05, 3.63) is 23.8 Å². The number of carbonyl (C=O) groups is 2. The van der Waals surface area contributed by atoms with Gasteiger partial charge in [0.25, 0.3) is 5.91 Å². The Bertz CT molecular complexity index is 586. The summed E-state index contributed by atoms with van der Waals surface area (Å²) in [7, 11) is 3.35. The van der Waals surface area contributed by atoms with Crippen molar-refractivity contribution in [2.24, 2.45) is 11.7 Å². The lowest BCUT2D eigenvalue weighted by atomic mass is 10.1. The van der Waals surface area contributed by atoms with E-state index in [1.54, 1.807) is 20.2 Å². The van der Waals surface area contributed by atoms with E-state index in [2.05, 4.69) is 5.32 Å². The Morgan fingerprint density at radius 3 is 2.70 bits per heavy atom. The molecule has 23 heavy (non-hydrogen) atoms. The van der Waals surface area contributed by atoms with Gasteiger partial charge in [-0.3, -0.25) is 9.59 Å². The molecule has 6 nitrogen and oxygen atoms in total. The summed E-state index contributed by atoms with van der Waals surface area (Å²) in [6, 6.07) is 5.63. The predicted octanol–water partition coefficient (Wildman–Crippen LogP) is 1.53. The van der Waals surface area contributed by atoms with Crippen LogP contribution in [0.2, 0.25) is 0 Å². The fraction of sp³-hybridized carbons (Fsp3) is 0.529. The first kappa shape index (κ1) is 17.3. The van der Waals surface area contributed by atoms with Crippen LogP contribution in [0.25, 0.3) is 0 Å². The molecule has 1 fully saturated rings. The summed E-state index contributed by atoms with van der Waals surface area (Å²) >= 11 is 0. The highest BCUT2D eigenvalue weighted by Gasteiger charge is 2.28. The third kappa shape index (κ3) is 4.69. The molecule has 1 aliphatic carbocycles. The van der Waals surface area contributed by atoms with Crippen molar-refractivity contribution in [2.45, 2.75) is 32.2 Å². The molecule has 0 aliphatic heterocycles. The van der Waals surface area contributed by atoms with Gasteiger partial charge in [0, 0.05) is 26.1 Å². The van der Waals surface area contributed by atoms with Gasteiger partial charge >= 0.3 is 0 Å². The van der Waals surface area contributed by atoms with Gasteiger partial charge in [0.2, 0.25) is 5.91 Å². The Morgan fingerprint density at radius 2 is 2.09 bits per heavy atom. The molecular weight excluding hydrogens is 294 g/mol. The molecular formula is C17H25N3O3. The average Bonchev–Trinajstić information content (AvgIpc) is 2.93. The molecule has 1 aliphatic rings. The van der Waals surface area contributed by atoms with E-state index in [4.69, 9.17) is 10.5 Å². The van der Waals surface area contributed by atoms with Crippen LogP contribution in [0.15, 0.2) is 18.2 Å². The number of hydrogen-bond acceptors (Lipinski definition) is 4. The lowest BCUT2D eigenvalue weighted by Crippen LogP contribution is -2.28. The van der Waals surface area contributed by atoms with Crippen molar-refractivity contribution in [3.63, 3.8) is 0 Å². The number of hydrogen-bond donors (Lipinski definition) is 2. The minimum absolute atomic E-state index is 0.0365. The molecule has 0 aromatic heterocycles. The monoisotopic (exact) mass is 319 g/mol. The van der Waals surface area contributed by atoms with Crippen LogP contribution in [0.3, 0.4) is 0 Å². The highest BCUT2D eigenvalue weighted by Crippen LogP contribution is 2.29. The van der Waals surface area contributed by atoms with Crippen molar-refractivity contribution in [1.29, 1.82) is 0 Å². The normalized spacial score (nSPS) is 20.2. The number of likely N-dealkylation sites (N-methyl/N-ethyl adjacent to an activating group) is 1. The van der Waals surface area contributed by atoms with Crippen molar-refractivity contribution in [1.82, 2.24) is 4.90 Å². The fourth-order valence-electron chi connectivity index (χ4n) is 2.61. The van der Waals surface area contributed by atoms with Crippen LogP contribution >= 0.6 is 0 Å². The molecule has 2 unspecified atom stereocenters. The summed E-state index contributed by atoms with van der Waals surface area (Å²) in [4.78, 5) is 25.5. The SMILES string of the molecule is Cc1ccc(NC(=O)C2CCC(N)C2)c(OCC(=O)N(C)C)c1. The van der Waals surface area contributed by atoms with Crippen molar-refractivity contribution < 1.29 is 14.3 Å². The Balaban J connectivity index is 2.05. The van der Waals surface area contributed by atoms with Gasteiger partial charge in [-0.15, -0.1) is 0 Å². The number of amides is 2. The largest absolute Gasteiger partial charge is 0.482 e. The van der Waals surface area contributed by atoms with Gasteiger partial charge in [0.15, 0.2) is 6.61 Å². The van der Waals surface area contributed by atoms with Gasteiger partial charge in [-0.05, 0) is 43.9 Å². The molecule has 0 radical (unpaired) electrons. The molecule has 0 saturated heterocycles. The molecule has 6 heteroatoms. The molecule has 2 rings (SSSR count). The van der Waals surface area contributed by atoms with Gasteiger partial charge in [0.05, 0.1) is 5.69 Å². The third-order valence-electron chi connectivity index (χ3n) is 4.09. The zero-order valence-electron chi connectivity index (χ0n) is 14.0. The van der Waals surface area contributed by atoms with E-state index in [0.717, 1.165) is 18.4 Å². The molecule has 2 amide bonds. The lowest BCUT2D eigenvalue weighted by molar-refractivity contribution is -0.130. The highest BCUT2D eigenvalue weighted by atomic mass is 16.5. The maximum Gasteiger partial charge on any atom is 0.259 e. The molecule has 0 bridgehead atoms. The van der Waals surface area contributed by atoms with E-state index in [0.29, 0.717) is 17.9 Å². The second-order valence-electron chi connectivity index (χ2n) is 6.34. The quantitative estimate of drug-likeness (QED) is 0.862. The molecule has 3 N–H and O–H groups in total. The topological polar surface area (TPSA) is 84.7 Å². The second-order valence-corrected chi connectivity index (χ2v) is 6.34. The van der Waals surface area contributed by atoms with E-state index in [9.17, 15) is 9.59 Å². The van der Waals surface area contributed by atoms with Crippen LogP contribution in [0, 0.1) is 12.8 Å². The summed E-state index contributed by atoms with van der Waals surface area (Å²) in [6.07, 6.45) is 2.41. The van der Waals surface area contributed by atoms with Crippen LogP contribution < -0.4 is 15.8 Å². The molecule has 1 saturated carbocycles. The first-order valence-electron chi connectivity index (χ1n) is 7.87. The van der Waals surface area contributed by atoms with Crippen molar-refractivity contribution in [3.8, 4) is 5.75 Å². The maximum absolute atomic E-state index is 12.3. The van der Waals surface area contributed by atoms with Crippen LogP contribution in [0.1, 0.15) is 24.8 Å².